The maximum Gasteiger partial charge on any atom is 0.255 e. The van der Waals surface area contributed by atoms with Crippen LogP contribution in [0.4, 0.5) is 10.1 Å². The Hall–Kier alpha value is -1.86. The fourth-order valence-electron chi connectivity index (χ4n) is 3.81. The molecule has 168 valence electrons. The predicted molar refractivity (Wildman–Crippen MR) is 123 cm³/mol. The van der Waals surface area contributed by atoms with Crippen LogP contribution in [0.25, 0.3) is 0 Å². The van der Waals surface area contributed by atoms with E-state index in [1.807, 2.05) is 0 Å². The summed E-state index contributed by atoms with van der Waals surface area (Å²) in [5.41, 5.74) is 1.73. The second-order valence-electron chi connectivity index (χ2n) is 7.98. The number of amides is 1. The van der Waals surface area contributed by atoms with Gasteiger partial charge in [-0.2, -0.15) is 4.31 Å². The first-order chi connectivity index (χ1) is 14.6. The number of benzene rings is 2. The third-order valence-electron chi connectivity index (χ3n) is 5.77. The van der Waals surface area contributed by atoms with Crippen LogP contribution in [0, 0.1) is 25.6 Å². The van der Waals surface area contributed by atoms with Crippen LogP contribution >= 0.6 is 9.24 Å². The Morgan fingerprint density at radius 3 is 2.48 bits per heavy atom. The van der Waals surface area contributed by atoms with E-state index in [2.05, 4.69) is 14.6 Å². The van der Waals surface area contributed by atoms with Crippen molar-refractivity contribution < 1.29 is 22.7 Å². The summed E-state index contributed by atoms with van der Waals surface area (Å²) in [6.45, 7) is 4.33. The van der Waals surface area contributed by atoms with Crippen molar-refractivity contribution in [3.8, 4) is 0 Å². The molecular weight excluding hydrogens is 438 g/mol. The van der Waals surface area contributed by atoms with E-state index in [0.717, 1.165) is 0 Å². The van der Waals surface area contributed by atoms with Crippen molar-refractivity contribution >= 4 is 36.2 Å². The monoisotopic (exact) mass is 466 g/mol. The summed E-state index contributed by atoms with van der Waals surface area (Å²) < 4.78 is 41.9. The van der Waals surface area contributed by atoms with E-state index < -0.39 is 21.7 Å². The molecule has 0 radical (unpaired) electrons. The van der Waals surface area contributed by atoms with E-state index >= 15 is 0 Å². The number of rotatable bonds is 6. The third-order valence-corrected chi connectivity index (χ3v) is 8.54. The predicted octanol–water partition coefficient (Wildman–Crippen LogP) is 2.98. The van der Waals surface area contributed by atoms with Crippen LogP contribution < -0.4 is 10.6 Å². The molecule has 1 atom stereocenters. The molecule has 6 nitrogen and oxygen atoms in total. The number of carbonyl (C=O) groups is 1. The summed E-state index contributed by atoms with van der Waals surface area (Å²) in [6, 6.07) is 7.44. The van der Waals surface area contributed by atoms with Gasteiger partial charge in [-0.3, -0.25) is 4.79 Å². The van der Waals surface area contributed by atoms with Gasteiger partial charge in [0.25, 0.3) is 5.91 Å². The quantitative estimate of drug-likeness (QED) is 0.641. The number of anilines is 1. The van der Waals surface area contributed by atoms with Crippen LogP contribution in [0.15, 0.2) is 35.2 Å². The van der Waals surface area contributed by atoms with Gasteiger partial charge in [0.1, 0.15) is 5.82 Å². The van der Waals surface area contributed by atoms with Crippen LogP contribution in [0.3, 0.4) is 0 Å². The van der Waals surface area contributed by atoms with Crippen molar-refractivity contribution in [1.82, 2.24) is 4.31 Å². The first-order valence-corrected chi connectivity index (χ1v) is 12.2. The number of hydrogen-bond acceptors (Lipinski definition) is 4. The Labute approximate surface area is 185 Å². The SMILES string of the molecule is Cc1ccc(C(=O)Nc2cc(C)c(P)c(F)c2)cc1S(=O)(=O)N1CCC(CCO)CC1. The molecule has 1 aliphatic rings. The second-order valence-corrected chi connectivity index (χ2v) is 10.5. The van der Waals surface area contributed by atoms with Crippen molar-refractivity contribution in [2.75, 3.05) is 25.0 Å². The van der Waals surface area contributed by atoms with Gasteiger partial charge in [-0.15, -0.1) is 9.24 Å². The number of nitrogens with one attached hydrogen (secondary N) is 1. The number of hydrogen-bond donors (Lipinski definition) is 2. The summed E-state index contributed by atoms with van der Waals surface area (Å²) in [4.78, 5) is 12.8. The molecule has 0 aliphatic carbocycles. The molecule has 0 bridgehead atoms. The molecule has 0 aromatic heterocycles. The van der Waals surface area contributed by atoms with Gasteiger partial charge in [0.2, 0.25) is 10.0 Å². The van der Waals surface area contributed by atoms with Crippen LogP contribution in [-0.4, -0.2) is 43.4 Å². The second kappa shape index (κ2) is 9.74. The normalized spacial score (nSPS) is 15.8. The van der Waals surface area contributed by atoms with Crippen LogP contribution in [-0.2, 0) is 10.0 Å². The van der Waals surface area contributed by atoms with E-state index in [0.29, 0.717) is 60.4 Å². The summed E-state index contributed by atoms with van der Waals surface area (Å²) in [6.07, 6.45) is 2.09. The molecule has 9 heteroatoms. The lowest BCUT2D eigenvalue weighted by Gasteiger charge is -2.31. The first-order valence-electron chi connectivity index (χ1n) is 10.2. The number of piperidine rings is 1. The topological polar surface area (TPSA) is 86.7 Å². The smallest absolute Gasteiger partial charge is 0.255 e. The first kappa shape index (κ1) is 23.8. The zero-order valence-electron chi connectivity index (χ0n) is 17.7. The Morgan fingerprint density at radius 2 is 1.87 bits per heavy atom. The summed E-state index contributed by atoms with van der Waals surface area (Å²) in [5.74, 6) is -0.628. The highest BCUT2D eigenvalue weighted by Crippen LogP contribution is 2.28. The fraction of sp³-hybridized carbons (Fsp3) is 0.409. The Bertz CT molecular complexity index is 1060. The molecule has 1 fully saturated rings. The number of carbonyl (C=O) groups excluding carboxylic acids is 1. The minimum Gasteiger partial charge on any atom is -0.396 e. The van der Waals surface area contributed by atoms with Gasteiger partial charge in [-0.1, -0.05) is 6.07 Å². The van der Waals surface area contributed by atoms with Gasteiger partial charge < -0.3 is 10.4 Å². The van der Waals surface area contributed by atoms with Gasteiger partial charge >= 0.3 is 0 Å². The van der Waals surface area contributed by atoms with Gasteiger partial charge in [0, 0.05) is 36.3 Å². The summed E-state index contributed by atoms with van der Waals surface area (Å²) in [7, 11) is -1.43. The lowest BCUT2D eigenvalue weighted by atomic mass is 9.95. The lowest BCUT2D eigenvalue weighted by Crippen LogP contribution is -2.39. The number of halogens is 1. The minimum atomic E-state index is -3.75. The van der Waals surface area contributed by atoms with Crippen molar-refractivity contribution in [2.24, 2.45) is 5.92 Å². The van der Waals surface area contributed by atoms with Crippen molar-refractivity contribution in [3.05, 3.63) is 52.8 Å². The van der Waals surface area contributed by atoms with Crippen LogP contribution in [0.2, 0.25) is 0 Å². The van der Waals surface area contributed by atoms with Gasteiger partial charge in [0.15, 0.2) is 0 Å². The van der Waals surface area contributed by atoms with E-state index in [1.54, 1.807) is 32.0 Å². The highest BCUT2D eigenvalue weighted by molar-refractivity contribution is 7.89. The highest BCUT2D eigenvalue weighted by Gasteiger charge is 2.30. The van der Waals surface area contributed by atoms with Crippen molar-refractivity contribution in [1.29, 1.82) is 0 Å². The maximum atomic E-state index is 14.0. The molecule has 31 heavy (non-hydrogen) atoms. The molecule has 2 aromatic rings. The number of sulfonamides is 1. The van der Waals surface area contributed by atoms with E-state index in [9.17, 15) is 17.6 Å². The average Bonchev–Trinajstić information content (AvgIpc) is 2.72. The number of aryl methyl sites for hydroxylation is 2. The molecule has 1 aliphatic heterocycles. The van der Waals surface area contributed by atoms with Gasteiger partial charge in [-0.25, -0.2) is 12.8 Å². The molecule has 2 N–H and O–H groups in total. The van der Waals surface area contributed by atoms with E-state index in [4.69, 9.17) is 5.11 Å². The number of aliphatic hydroxyl groups is 1. The van der Waals surface area contributed by atoms with Crippen LogP contribution in [0.1, 0.15) is 40.7 Å². The van der Waals surface area contributed by atoms with Crippen LogP contribution in [0.5, 0.6) is 0 Å². The van der Waals surface area contributed by atoms with Crippen molar-refractivity contribution in [2.45, 2.75) is 38.0 Å². The molecule has 1 amide bonds. The standard InChI is InChI=1S/C22H28FN2O4PS/c1-14-3-4-17(22(27)24-18-11-15(2)21(30)19(23)13-18)12-20(14)31(28,29)25-8-5-16(6-9-25)7-10-26/h3-4,11-13,16,26H,5-10,30H2,1-2H3,(H,24,27). The largest absolute Gasteiger partial charge is 0.396 e. The Morgan fingerprint density at radius 1 is 1.19 bits per heavy atom. The van der Waals surface area contributed by atoms with Gasteiger partial charge in [0.05, 0.1) is 4.90 Å². The molecule has 0 saturated carbocycles. The fourth-order valence-corrected chi connectivity index (χ4v) is 5.70. The summed E-state index contributed by atoms with van der Waals surface area (Å²) in [5, 5.41) is 12.2. The Balaban J connectivity index is 1.82. The number of nitrogens with zero attached hydrogens (tertiary/aromatic N) is 1. The minimum absolute atomic E-state index is 0.100. The zero-order chi connectivity index (χ0) is 22.8. The molecular formula is C22H28FN2O4PS. The molecule has 1 saturated heterocycles. The lowest BCUT2D eigenvalue weighted by molar-refractivity contribution is 0.102. The highest BCUT2D eigenvalue weighted by atomic mass is 32.2. The average molecular weight is 467 g/mol. The number of aliphatic hydroxyl groups excluding tert-OH is 1. The van der Waals surface area contributed by atoms with E-state index in [1.165, 1.54) is 16.4 Å². The van der Waals surface area contributed by atoms with Gasteiger partial charge in [-0.05, 0) is 74.4 Å². The zero-order valence-corrected chi connectivity index (χ0v) is 19.7. The molecule has 0 spiro atoms. The summed E-state index contributed by atoms with van der Waals surface area (Å²) >= 11 is 0. The van der Waals surface area contributed by atoms with Crippen molar-refractivity contribution in [3.63, 3.8) is 0 Å². The third kappa shape index (κ3) is 5.32. The van der Waals surface area contributed by atoms with E-state index in [-0.39, 0.29) is 17.1 Å². The molecule has 2 aromatic carbocycles. The Kier molecular flexibility index (Phi) is 7.47. The molecule has 3 rings (SSSR count). The molecule has 1 unspecified atom stereocenters. The molecule has 1 heterocycles. The maximum absolute atomic E-state index is 14.0.